The SMILES string of the molecule is O=C1CCCCC1n1cnc2c(NCc3nc4ccccc4s3)nc(N3CCNCC3)nc21. The Balaban J connectivity index is 1.37. The normalized spacial score (nSPS) is 19.5. The van der Waals surface area contributed by atoms with E-state index in [1.54, 1.807) is 17.7 Å². The highest BCUT2D eigenvalue weighted by molar-refractivity contribution is 7.18. The number of carbonyl (C=O) groups is 1. The van der Waals surface area contributed by atoms with Crippen molar-refractivity contribution in [2.75, 3.05) is 36.4 Å². The molecule has 10 heteroatoms. The second kappa shape index (κ2) is 8.68. The molecule has 0 spiro atoms. The van der Waals surface area contributed by atoms with Gasteiger partial charge in [0.15, 0.2) is 22.8 Å². The van der Waals surface area contributed by atoms with Crippen molar-refractivity contribution in [3.8, 4) is 0 Å². The molecule has 2 fully saturated rings. The fourth-order valence-corrected chi connectivity index (χ4v) is 5.58. The Hall–Kier alpha value is -3.11. The number of rotatable bonds is 5. The molecule has 2 N–H and O–H groups in total. The van der Waals surface area contributed by atoms with Gasteiger partial charge in [-0.25, -0.2) is 9.97 Å². The van der Waals surface area contributed by atoms with Crippen LogP contribution in [-0.2, 0) is 11.3 Å². The molecule has 1 unspecified atom stereocenters. The fourth-order valence-electron chi connectivity index (χ4n) is 4.68. The first-order chi connectivity index (χ1) is 16.3. The number of aromatic nitrogens is 5. The fraction of sp³-hybridized carbons (Fsp3) is 0.435. The van der Waals surface area contributed by atoms with E-state index in [1.807, 2.05) is 22.8 Å². The predicted molar refractivity (Wildman–Crippen MR) is 130 cm³/mol. The van der Waals surface area contributed by atoms with Gasteiger partial charge in [-0.2, -0.15) is 9.97 Å². The van der Waals surface area contributed by atoms with E-state index in [-0.39, 0.29) is 11.8 Å². The molecule has 9 nitrogen and oxygen atoms in total. The molecule has 33 heavy (non-hydrogen) atoms. The molecule has 1 saturated carbocycles. The van der Waals surface area contributed by atoms with Gasteiger partial charge in [0.1, 0.15) is 5.01 Å². The Labute approximate surface area is 195 Å². The van der Waals surface area contributed by atoms with E-state index in [1.165, 1.54) is 4.70 Å². The van der Waals surface area contributed by atoms with Crippen LogP contribution in [0.4, 0.5) is 11.8 Å². The predicted octanol–water partition coefficient (Wildman–Crippen LogP) is 3.14. The van der Waals surface area contributed by atoms with Crippen molar-refractivity contribution in [1.82, 2.24) is 29.8 Å². The zero-order valence-electron chi connectivity index (χ0n) is 18.3. The van der Waals surface area contributed by atoms with Crippen LogP contribution in [0.1, 0.15) is 36.7 Å². The molecule has 0 amide bonds. The van der Waals surface area contributed by atoms with Crippen molar-refractivity contribution < 1.29 is 4.79 Å². The maximum absolute atomic E-state index is 12.7. The standard InChI is InChI=1S/C23H26N8OS/c32-17-7-3-2-6-16(17)31-14-26-20-21(25-13-19-27-15-5-1-4-8-18(15)33-19)28-23(29-22(20)31)30-11-9-24-10-12-30/h1,4-5,8,14,16,24H,2-3,6-7,9-13H2,(H,25,28,29). The van der Waals surface area contributed by atoms with Crippen LogP contribution in [0.25, 0.3) is 21.4 Å². The maximum atomic E-state index is 12.7. The molecule has 6 rings (SSSR count). The number of carbonyl (C=O) groups excluding carboxylic acids is 1. The van der Waals surface area contributed by atoms with E-state index in [4.69, 9.17) is 15.0 Å². The summed E-state index contributed by atoms with van der Waals surface area (Å²) >= 11 is 1.68. The maximum Gasteiger partial charge on any atom is 0.229 e. The van der Waals surface area contributed by atoms with E-state index < -0.39 is 0 Å². The first-order valence-corrected chi connectivity index (χ1v) is 12.4. The average Bonchev–Trinajstić information content (AvgIpc) is 3.47. The van der Waals surface area contributed by atoms with E-state index in [2.05, 4.69) is 26.6 Å². The van der Waals surface area contributed by atoms with Crippen LogP contribution in [0.15, 0.2) is 30.6 Å². The number of piperazine rings is 1. The molecular weight excluding hydrogens is 436 g/mol. The number of hydrogen-bond acceptors (Lipinski definition) is 9. The monoisotopic (exact) mass is 462 g/mol. The van der Waals surface area contributed by atoms with Crippen molar-refractivity contribution in [1.29, 1.82) is 0 Å². The molecule has 1 aliphatic heterocycles. The summed E-state index contributed by atoms with van der Waals surface area (Å²) in [4.78, 5) is 34.0. The lowest BCUT2D eigenvalue weighted by Crippen LogP contribution is -2.44. The molecular formula is C23H26N8OS. The van der Waals surface area contributed by atoms with Gasteiger partial charge in [-0.3, -0.25) is 4.79 Å². The Morgan fingerprint density at radius 2 is 2.00 bits per heavy atom. The molecule has 4 heterocycles. The highest BCUT2D eigenvalue weighted by Crippen LogP contribution is 2.31. The Bertz CT molecular complexity index is 1280. The van der Waals surface area contributed by atoms with Crippen molar-refractivity contribution in [2.45, 2.75) is 38.3 Å². The second-order valence-corrected chi connectivity index (χ2v) is 9.71. The lowest BCUT2D eigenvalue weighted by atomic mass is 9.94. The molecule has 1 aromatic carbocycles. The van der Waals surface area contributed by atoms with Gasteiger partial charge in [0.05, 0.1) is 29.1 Å². The molecule has 0 radical (unpaired) electrons. The smallest absolute Gasteiger partial charge is 0.229 e. The molecule has 3 aromatic heterocycles. The third-order valence-corrected chi connectivity index (χ3v) is 7.45. The molecule has 170 valence electrons. The molecule has 1 aliphatic carbocycles. The summed E-state index contributed by atoms with van der Waals surface area (Å²) in [5, 5.41) is 7.84. The zero-order valence-corrected chi connectivity index (χ0v) is 19.1. The van der Waals surface area contributed by atoms with E-state index in [9.17, 15) is 4.79 Å². The highest BCUT2D eigenvalue weighted by Gasteiger charge is 2.27. The number of fused-ring (bicyclic) bond motifs is 2. The zero-order chi connectivity index (χ0) is 22.2. The van der Waals surface area contributed by atoms with E-state index in [0.29, 0.717) is 30.2 Å². The van der Waals surface area contributed by atoms with Crippen molar-refractivity contribution in [3.05, 3.63) is 35.6 Å². The second-order valence-electron chi connectivity index (χ2n) is 8.59. The summed E-state index contributed by atoms with van der Waals surface area (Å²) in [5.74, 6) is 1.64. The summed E-state index contributed by atoms with van der Waals surface area (Å²) in [5.41, 5.74) is 2.44. The van der Waals surface area contributed by atoms with Crippen LogP contribution in [0.3, 0.4) is 0 Å². The van der Waals surface area contributed by atoms with Crippen LogP contribution < -0.4 is 15.5 Å². The van der Waals surface area contributed by atoms with Crippen LogP contribution in [-0.4, -0.2) is 56.5 Å². The first-order valence-electron chi connectivity index (χ1n) is 11.6. The van der Waals surface area contributed by atoms with Gasteiger partial charge < -0.3 is 20.1 Å². The minimum Gasteiger partial charge on any atom is -0.362 e. The van der Waals surface area contributed by atoms with Gasteiger partial charge in [-0.15, -0.1) is 11.3 Å². The van der Waals surface area contributed by atoms with Crippen LogP contribution >= 0.6 is 11.3 Å². The highest BCUT2D eigenvalue weighted by atomic mass is 32.1. The Kier molecular flexibility index (Phi) is 5.39. The number of benzene rings is 1. The quantitative estimate of drug-likeness (QED) is 0.467. The van der Waals surface area contributed by atoms with Gasteiger partial charge in [-0.1, -0.05) is 18.6 Å². The van der Waals surface area contributed by atoms with Gasteiger partial charge in [-0.05, 0) is 25.0 Å². The molecule has 4 aromatic rings. The van der Waals surface area contributed by atoms with E-state index in [0.717, 1.165) is 61.6 Å². The van der Waals surface area contributed by atoms with Gasteiger partial charge in [0, 0.05) is 32.6 Å². The lowest BCUT2D eigenvalue weighted by molar-refractivity contribution is -0.123. The molecule has 0 bridgehead atoms. The number of thiazole rings is 1. The molecule has 2 aliphatic rings. The van der Waals surface area contributed by atoms with E-state index >= 15 is 0 Å². The summed E-state index contributed by atoms with van der Waals surface area (Å²) in [6.45, 7) is 4.05. The van der Waals surface area contributed by atoms with Gasteiger partial charge in [0.25, 0.3) is 0 Å². The number of nitrogens with one attached hydrogen (secondary N) is 2. The van der Waals surface area contributed by atoms with Gasteiger partial charge in [0.2, 0.25) is 5.95 Å². The van der Waals surface area contributed by atoms with Crippen molar-refractivity contribution in [2.24, 2.45) is 0 Å². The number of hydrogen-bond donors (Lipinski definition) is 2. The minimum atomic E-state index is -0.188. The number of anilines is 2. The Morgan fingerprint density at radius 3 is 2.85 bits per heavy atom. The largest absolute Gasteiger partial charge is 0.362 e. The topological polar surface area (TPSA) is 101 Å². The number of para-hydroxylation sites is 1. The summed E-state index contributed by atoms with van der Waals surface area (Å²) < 4.78 is 3.14. The summed E-state index contributed by atoms with van der Waals surface area (Å²) in [6, 6.07) is 7.97. The molecule has 1 saturated heterocycles. The number of nitrogens with zero attached hydrogens (tertiary/aromatic N) is 6. The summed E-state index contributed by atoms with van der Waals surface area (Å²) in [7, 11) is 0. The van der Waals surface area contributed by atoms with Crippen LogP contribution in [0.5, 0.6) is 0 Å². The third kappa shape index (κ3) is 3.93. The number of ketones is 1. The first kappa shape index (κ1) is 20.5. The van der Waals surface area contributed by atoms with Crippen molar-refractivity contribution in [3.63, 3.8) is 0 Å². The van der Waals surface area contributed by atoms with Crippen LogP contribution in [0.2, 0.25) is 0 Å². The molecule has 1 atom stereocenters. The average molecular weight is 463 g/mol. The summed E-state index contributed by atoms with van der Waals surface area (Å²) in [6.07, 6.45) is 5.25. The number of Topliss-reactive ketones (excluding diaryl/α,β-unsaturated/α-hetero) is 1. The lowest BCUT2D eigenvalue weighted by Gasteiger charge is -2.28. The minimum absolute atomic E-state index is 0.188. The van der Waals surface area contributed by atoms with Gasteiger partial charge >= 0.3 is 0 Å². The van der Waals surface area contributed by atoms with Crippen molar-refractivity contribution >= 4 is 50.3 Å². The van der Waals surface area contributed by atoms with Crippen LogP contribution in [0, 0.1) is 0 Å². The Morgan fingerprint density at radius 1 is 1.12 bits per heavy atom. The third-order valence-electron chi connectivity index (χ3n) is 6.41. The number of imidazole rings is 1.